The zero-order valence-corrected chi connectivity index (χ0v) is 43.6. The molecule has 6 heteroatoms. The summed E-state index contributed by atoms with van der Waals surface area (Å²) < 4.78 is 11.9. The van der Waals surface area contributed by atoms with Crippen LogP contribution < -0.4 is 14.5 Å². The lowest BCUT2D eigenvalue weighted by atomic mass is 9.80. The summed E-state index contributed by atoms with van der Waals surface area (Å²) in [5.41, 5.74) is 14.5. The monoisotopic (exact) mass is 936 g/mol. The fourth-order valence-corrected chi connectivity index (χ4v) is 11.4. The van der Waals surface area contributed by atoms with E-state index in [9.17, 15) is 0 Å². The standard InChI is InChI=1S/C64H64N4OS/c1-61(2,3)40-26-29-53-56(35-40)67(45-33-42(63(7,8)9)32-43(34-45)64(10,11)12)39-66(53)44-18-15-19-46(37-44)69-47-27-28-52-55(38-47)68(58-36-41(30-31-65-58)62(4,5)6)54-24-17-21-49(59(52)54)51-23-16-22-50-48-20-13-14-25-57(48)70-60(50)51/h13-38H,39H2,1-12H3. The molecule has 0 aliphatic carbocycles. The topological polar surface area (TPSA) is 33.5 Å². The van der Waals surface area contributed by atoms with Crippen molar-refractivity contribution in [1.29, 1.82) is 0 Å². The average molecular weight is 937 g/mol. The van der Waals surface area contributed by atoms with Gasteiger partial charge in [-0.2, -0.15) is 0 Å². The highest BCUT2D eigenvalue weighted by Gasteiger charge is 2.32. The van der Waals surface area contributed by atoms with Gasteiger partial charge in [0.1, 0.15) is 24.0 Å². The van der Waals surface area contributed by atoms with Crippen LogP contribution in [0.25, 0.3) is 58.9 Å². The molecular weight excluding hydrogens is 873 g/mol. The molecule has 0 atom stereocenters. The van der Waals surface area contributed by atoms with Crippen molar-refractivity contribution in [2.45, 2.75) is 105 Å². The third-order valence-corrected chi connectivity index (χ3v) is 15.6. The summed E-state index contributed by atoms with van der Waals surface area (Å²) in [5, 5.41) is 4.95. The van der Waals surface area contributed by atoms with Crippen molar-refractivity contribution in [3.63, 3.8) is 0 Å². The highest BCUT2D eigenvalue weighted by Crippen LogP contribution is 2.49. The van der Waals surface area contributed by atoms with Gasteiger partial charge in [0, 0.05) is 66.2 Å². The van der Waals surface area contributed by atoms with Crippen LogP contribution in [0.5, 0.6) is 11.5 Å². The van der Waals surface area contributed by atoms with Crippen molar-refractivity contribution in [2.75, 3.05) is 16.5 Å². The van der Waals surface area contributed by atoms with Gasteiger partial charge in [-0.25, -0.2) is 4.98 Å². The molecule has 0 radical (unpaired) electrons. The summed E-state index contributed by atoms with van der Waals surface area (Å²) in [6, 6.07) is 56.0. The van der Waals surface area contributed by atoms with Gasteiger partial charge < -0.3 is 14.5 Å². The van der Waals surface area contributed by atoms with E-state index in [1.165, 1.54) is 76.0 Å². The van der Waals surface area contributed by atoms with Gasteiger partial charge in [-0.3, -0.25) is 4.57 Å². The van der Waals surface area contributed by atoms with Crippen molar-refractivity contribution >= 4 is 76.1 Å². The largest absolute Gasteiger partial charge is 0.457 e. The number of pyridine rings is 1. The quantitative estimate of drug-likeness (QED) is 0.166. The summed E-state index contributed by atoms with van der Waals surface area (Å²) in [5.74, 6) is 2.43. The molecule has 5 nitrogen and oxygen atoms in total. The summed E-state index contributed by atoms with van der Waals surface area (Å²) in [4.78, 5) is 10.00. The number of thiophene rings is 1. The van der Waals surface area contributed by atoms with E-state index < -0.39 is 0 Å². The van der Waals surface area contributed by atoms with Gasteiger partial charge in [0.05, 0.1) is 22.4 Å². The van der Waals surface area contributed by atoms with Crippen LogP contribution in [0.15, 0.2) is 158 Å². The van der Waals surface area contributed by atoms with E-state index in [4.69, 9.17) is 9.72 Å². The molecule has 0 saturated heterocycles. The van der Waals surface area contributed by atoms with Gasteiger partial charge >= 0.3 is 0 Å². The maximum Gasteiger partial charge on any atom is 0.137 e. The number of benzene rings is 7. The van der Waals surface area contributed by atoms with E-state index in [1.54, 1.807) is 0 Å². The van der Waals surface area contributed by atoms with Crippen LogP contribution in [0, 0.1) is 0 Å². The molecule has 3 aromatic heterocycles. The van der Waals surface area contributed by atoms with E-state index in [2.05, 4.69) is 249 Å². The Balaban J connectivity index is 1.02. The smallest absolute Gasteiger partial charge is 0.137 e. The van der Waals surface area contributed by atoms with Gasteiger partial charge in [0.25, 0.3) is 0 Å². The number of anilines is 4. The molecule has 0 fully saturated rings. The van der Waals surface area contributed by atoms with Gasteiger partial charge in [-0.05, 0) is 122 Å². The first kappa shape index (κ1) is 45.5. The second kappa shape index (κ2) is 16.3. The Morgan fingerprint density at radius 2 is 1.10 bits per heavy atom. The molecule has 70 heavy (non-hydrogen) atoms. The molecule has 0 bridgehead atoms. The van der Waals surface area contributed by atoms with Crippen LogP contribution in [0.2, 0.25) is 0 Å². The molecule has 1 aliphatic heterocycles. The Kier molecular flexibility index (Phi) is 10.6. The molecular formula is C64H64N4OS. The molecule has 10 aromatic rings. The molecule has 11 rings (SSSR count). The lowest BCUT2D eigenvalue weighted by Gasteiger charge is -2.29. The van der Waals surface area contributed by atoms with Crippen molar-refractivity contribution in [3.05, 3.63) is 180 Å². The SMILES string of the molecule is CC(C)(C)c1cc(N2CN(c3cccc(Oc4ccc5c6c(-c7cccc8c7sc7ccccc78)cccc6n(-c6cc(C(C)(C)C)ccn6)c5c4)c3)c3ccc(C(C)(C)C)cc32)cc(C(C)(C)C)c1. The third kappa shape index (κ3) is 8.00. The maximum atomic E-state index is 6.96. The third-order valence-electron chi connectivity index (χ3n) is 14.3. The summed E-state index contributed by atoms with van der Waals surface area (Å²) in [7, 11) is 0. The van der Waals surface area contributed by atoms with E-state index in [-0.39, 0.29) is 21.7 Å². The number of fused-ring (bicyclic) bond motifs is 7. The van der Waals surface area contributed by atoms with Crippen molar-refractivity contribution in [1.82, 2.24) is 9.55 Å². The molecule has 0 unspecified atom stereocenters. The molecule has 0 N–H and O–H groups in total. The van der Waals surface area contributed by atoms with E-state index in [1.807, 2.05) is 17.5 Å². The fraction of sp³-hybridized carbons (Fsp3) is 0.266. The first-order valence-corrected chi connectivity index (χ1v) is 25.6. The Hall–Kier alpha value is -6.89. The van der Waals surface area contributed by atoms with Crippen LogP contribution in [-0.2, 0) is 21.7 Å². The number of hydrogen-bond donors (Lipinski definition) is 0. The van der Waals surface area contributed by atoms with E-state index >= 15 is 0 Å². The average Bonchev–Trinajstić information content (AvgIpc) is 4.00. The van der Waals surface area contributed by atoms with E-state index in [0.29, 0.717) is 6.67 Å². The van der Waals surface area contributed by atoms with Crippen LogP contribution in [0.3, 0.4) is 0 Å². The molecule has 0 spiro atoms. The number of ether oxygens (including phenoxy) is 1. The molecule has 352 valence electrons. The molecule has 1 aliphatic rings. The van der Waals surface area contributed by atoms with Gasteiger partial charge in [0.2, 0.25) is 0 Å². The predicted octanol–water partition coefficient (Wildman–Crippen LogP) is 18.4. The van der Waals surface area contributed by atoms with Gasteiger partial charge in [-0.1, -0.05) is 150 Å². The van der Waals surface area contributed by atoms with Crippen LogP contribution in [0.1, 0.15) is 105 Å². The summed E-state index contributed by atoms with van der Waals surface area (Å²) in [6.45, 7) is 28.2. The minimum atomic E-state index is -0.0503. The Morgan fingerprint density at radius 1 is 0.457 bits per heavy atom. The molecule has 0 saturated carbocycles. The minimum absolute atomic E-state index is 0.00122. The van der Waals surface area contributed by atoms with Gasteiger partial charge in [-0.15, -0.1) is 11.3 Å². The first-order chi connectivity index (χ1) is 33.2. The Bertz CT molecular complexity index is 3640. The van der Waals surface area contributed by atoms with Crippen LogP contribution >= 0.6 is 11.3 Å². The normalized spacial score (nSPS) is 13.6. The second-order valence-corrected chi connectivity index (χ2v) is 24.5. The van der Waals surface area contributed by atoms with Gasteiger partial charge in [0.15, 0.2) is 0 Å². The zero-order chi connectivity index (χ0) is 49.1. The Labute approximate surface area is 418 Å². The van der Waals surface area contributed by atoms with Crippen molar-refractivity contribution in [3.8, 4) is 28.4 Å². The summed E-state index contributed by atoms with van der Waals surface area (Å²) in [6.07, 6.45) is 1.95. The van der Waals surface area contributed by atoms with Crippen LogP contribution in [-0.4, -0.2) is 16.2 Å². The van der Waals surface area contributed by atoms with Crippen LogP contribution in [0.4, 0.5) is 22.7 Å². The number of rotatable bonds is 6. The number of hydrogen-bond acceptors (Lipinski definition) is 5. The highest BCUT2D eigenvalue weighted by atomic mass is 32.1. The van der Waals surface area contributed by atoms with E-state index in [0.717, 1.165) is 39.4 Å². The minimum Gasteiger partial charge on any atom is -0.457 e. The lowest BCUT2D eigenvalue weighted by Crippen LogP contribution is -2.25. The number of nitrogens with zero attached hydrogens (tertiary/aromatic N) is 4. The Morgan fingerprint density at radius 3 is 1.84 bits per heavy atom. The van der Waals surface area contributed by atoms with Crippen molar-refractivity contribution in [2.24, 2.45) is 0 Å². The molecule has 7 aromatic carbocycles. The molecule has 0 amide bonds. The zero-order valence-electron chi connectivity index (χ0n) is 42.8. The number of aromatic nitrogens is 2. The summed E-state index contributed by atoms with van der Waals surface area (Å²) >= 11 is 1.87. The highest BCUT2D eigenvalue weighted by molar-refractivity contribution is 7.26. The predicted molar refractivity (Wildman–Crippen MR) is 300 cm³/mol. The van der Waals surface area contributed by atoms with Crippen molar-refractivity contribution < 1.29 is 4.74 Å². The fourth-order valence-electron chi connectivity index (χ4n) is 10.2. The maximum absolute atomic E-state index is 6.96. The first-order valence-electron chi connectivity index (χ1n) is 24.8. The second-order valence-electron chi connectivity index (χ2n) is 23.5. The molecule has 4 heterocycles. The lowest BCUT2D eigenvalue weighted by molar-refractivity contribution is 0.483.